The van der Waals surface area contributed by atoms with E-state index in [-0.39, 0.29) is 6.04 Å². The van der Waals surface area contributed by atoms with Gasteiger partial charge in [-0.05, 0) is 37.1 Å². The molecule has 0 aliphatic rings. The summed E-state index contributed by atoms with van der Waals surface area (Å²) in [6, 6.07) is 14.7. The summed E-state index contributed by atoms with van der Waals surface area (Å²) in [6.45, 7) is 5.30. The smallest absolute Gasteiger partial charge is 0.0597 e. The van der Waals surface area contributed by atoms with Crippen LogP contribution in [0.3, 0.4) is 0 Å². The minimum Gasteiger partial charge on any atom is -0.340 e. The number of hydrogen-bond donors (Lipinski definition) is 1. The molecule has 0 saturated carbocycles. The van der Waals surface area contributed by atoms with Crippen molar-refractivity contribution >= 4 is 11.4 Å². The number of anilines is 2. The summed E-state index contributed by atoms with van der Waals surface area (Å²) in [4.78, 5) is 6.85. The first kappa shape index (κ1) is 15.5. The highest BCUT2D eigenvalue weighted by atomic mass is 15.1. The zero-order chi connectivity index (χ0) is 15.1. The zero-order valence-corrected chi connectivity index (χ0v) is 13.0. The van der Waals surface area contributed by atoms with Crippen LogP contribution in [0, 0.1) is 0 Å². The third-order valence-electron chi connectivity index (χ3n) is 3.71. The van der Waals surface area contributed by atoms with Crippen LogP contribution in [-0.4, -0.2) is 11.5 Å². The molecule has 0 amide bonds. The second-order valence-electron chi connectivity index (χ2n) is 5.30. The van der Waals surface area contributed by atoms with E-state index in [2.05, 4.69) is 54.1 Å². The molecule has 0 aliphatic carbocycles. The van der Waals surface area contributed by atoms with Gasteiger partial charge in [-0.3, -0.25) is 4.98 Å². The van der Waals surface area contributed by atoms with Gasteiger partial charge in [-0.15, -0.1) is 0 Å². The number of nitrogens with zero attached hydrogens (tertiary/aromatic N) is 2. The summed E-state index contributed by atoms with van der Waals surface area (Å²) < 4.78 is 0. The fraction of sp³-hybridized carbons (Fsp3) is 0.389. The van der Waals surface area contributed by atoms with Crippen molar-refractivity contribution in [2.24, 2.45) is 5.73 Å². The molecule has 0 fully saturated rings. The molecule has 1 atom stereocenters. The van der Waals surface area contributed by atoms with Crippen LogP contribution in [0.25, 0.3) is 0 Å². The lowest BCUT2D eigenvalue weighted by Gasteiger charge is -2.25. The Kier molecular flexibility index (Phi) is 5.76. The molecule has 2 rings (SSSR count). The lowest BCUT2D eigenvalue weighted by molar-refractivity contribution is 0.675. The Bertz CT molecular complexity index is 522. The molecule has 0 radical (unpaired) electrons. The number of nitrogens with two attached hydrogens (primary N) is 1. The van der Waals surface area contributed by atoms with Gasteiger partial charge in [-0.1, -0.05) is 38.5 Å². The van der Waals surface area contributed by atoms with E-state index in [1.165, 1.54) is 12.1 Å². The molecule has 1 aromatic carbocycles. The van der Waals surface area contributed by atoms with Crippen molar-refractivity contribution in [3.05, 3.63) is 54.4 Å². The van der Waals surface area contributed by atoms with Gasteiger partial charge in [0.25, 0.3) is 0 Å². The molecule has 2 N–H and O–H groups in total. The van der Waals surface area contributed by atoms with Crippen LogP contribution in [0.2, 0.25) is 0 Å². The van der Waals surface area contributed by atoms with E-state index in [4.69, 9.17) is 5.73 Å². The molecule has 0 bridgehead atoms. The Labute approximate surface area is 127 Å². The number of hydrogen-bond acceptors (Lipinski definition) is 3. The highest BCUT2D eigenvalue weighted by Crippen LogP contribution is 2.26. The molecule has 112 valence electrons. The molecular formula is C18H25N3. The average Bonchev–Trinajstić information content (AvgIpc) is 2.56. The van der Waals surface area contributed by atoms with E-state index < -0.39 is 0 Å². The van der Waals surface area contributed by atoms with Crippen LogP contribution in [0.1, 0.15) is 44.8 Å². The molecule has 21 heavy (non-hydrogen) atoms. The summed E-state index contributed by atoms with van der Waals surface area (Å²) in [5.41, 5.74) is 9.33. The van der Waals surface area contributed by atoms with Crippen molar-refractivity contribution < 1.29 is 0 Å². The Morgan fingerprint density at radius 1 is 1.05 bits per heavy atom. The van der Waals surface area contributed by atoms with Gasteiger partial charge in [0.1, 0.15) is 0 Å². The normalized spacial score (nSPS) is 12.1. The Hall–Kier alpha value is -1.87. The first-order chi connectivity index (χ1) is 10.3. The van der Waals surface area contributed by atoms with E-state index in [1.807, 2.05) is 18.3 Å². The van der Waals surface area contributed by atoms with E-state index in [9.17, 15) is 0 Å². The van der Waals surface area contributed by atoms with Gasteiger partial charge < -0.3 is 10.6 Å². The van der Waals surface area contributed by atoms with Crippen molar-refractivity contribution in [3.8, 4) is 0 Å². The van der Waals surface area contributed by atoms with Gasteiger partial charge in [-0.2, -0.15) is 0 Å². The van der Waals surface area contributed by atoms with Crippen LogP contribution in [0.4, 0.5) is 11.4 Å². The van der Waals surface area contributed by atoms with E-state index in [1.54, 1.807) is 0 Å². The van der Waals surface area contributed by atoms with Gasteiger partial charge >= 0.3 is 0 Å². The summed E-state index contributed by atoms with van der Waals surface area (Å²) in [5.74, 6) is 0. The monoisotopic (exact) mass is 283 g/mol. The molecule has 0 saturated heterocycles. The number of unbranched alkanes of at least 4 members (excludes halogenated alkanes) is 1. The summed E-state index contributed by atoms with van der Waals surface area (Å²) in [6.07, 6.45) is 5.18. The molecule has 3 nitrogen and oxygen atoms in total. The SMILES string of the molecule is CCCCN(c1ccccc1)c1ccc([C@@H](N)CC)nc1. The van der Waals surface area contributed by atoms with Crippen LogP contribution >= 0.6 is 0 Å². The number of benzene rings is 1. The Balaban J connectivity index is 2.24. The quantitative estimate of drug-likeness (QED) is 0.817. The topological polar surface area (TPSA) is 42.1 Å². The summed E-state index contributed by atoms with van der Waals surface area (Å²) in [5, 5.41) is 0. The van der Waals surface area contributed by atoms with Crippen LogP contribution in [0.15, 0.2) is 48.7 Å². The van der Waals surface area contributed by atoms with Crippen LogP contribution < -0.4 is 10.6 Å². The fourth-order valence-corrected chi connectivity index (χ4v) is 2.32. The molecule has 0 aliphatic heterocycles. The van der Waals surface area contributed by atoms with Gasteiger partial charge in [0.2, 0.25) is 0 Å². The van der Waals surface area contributed by atoms with Crippen molar-refractivity contribution in [1.29, 1.82) is 0 Å². The van der Waals surface area contributed by atoms with Gasteiger partial charge in [0.05, 0.1) is 17.6 Å². The molecule has 3 heteroatoms. The Morgan fingerprint density at radius 2 is 1.81 bits per heavy atom. The minimum absolute atomic E-state index is 0.0277. The zero-order valence-electron chi connectivity index (χ0n) is 13.0. The predicted octanol–water partition coefficient (Wildman–Crippen LogP) is 4.43. The first-order valence-corrected chi connectivity index (χ1v) is 7.80. The number of para-hydroxylation sites is 1. The molecule has 1 heterocycles. The molecular weight excluding hydrogens is 258 g/mol. The second kappa shape index (κ2) is 7.79. The van der Waals surface area contributed by atoms with Gasteiger partial charge in [-0.25, -0.2) is 0 Å². The number of aromatic nitrogens is 1. The lowest BCUT2D eigenvalue weighted by Crippen LogP contribution is -2.19. The largest absolute Gasteiger partial charge is 0.340 e. The molecule has 0 unspecified atom stereocenters. The van der Waals surface area contributed by atoms with Gasteiger partial charge in [0, 0.05) is 18.3 Å². The number of rotatable bonds is 7. The van der Waals surface area contributed by atoms with Crippen molar-refractivity contribution in [3.63, 3.8) is 0 Å². The third-order valence-corrected chi connectivity index (χ3v) is 3.71. The minimum atomic E-state index is 0.0277. The van der Waals surface area contributed by atoms with E-state index in [0.29, 0.717) is 0 Å². The van der Waals surface area contributed by atoms with Gasteiger partial charge in [0.15, 0.2) is 0 Å². The highest BCUT2D eigenvalue weighted by Gasteiger charge is 2.10. The fourth-order valence-electron chi connectivity index (χ4n) is 2.32. The van der Waals surface area contributed by atoms with Crippen molar-refractivity contribution in [1.82, 2.24) is 4.98 Å². The second-order valence-corrected chi connectivity index (χ2v) is 5.30. The summed E-state index contributed by atoms with van der Waals surface area (Å²) >= 11 is 0. The summed E-state index contributed by atoms with van der Waals surface area (Å²) in [7, 11) is 0. The lowest BCUT2D eigenvalue weighted by atomic mass is 10.1. The van der Waals surface area contributed by atoms with E-state index in [0.717, 1.165) is 30.8 Å². The molecule has 0 spiro atoms. The highest BCUT2D eigenvalue weighted by molar-refractivity contribution is 5.62. The Morgan fingerprint density at radius 3 is 2.38 bits per heavy atom. The third kappa shape index (κ3) is 4.05. The predicted molar refractivity (Wildman–Crippen MR) is 89.8 cm³/mol. The van der Waals surface area contributed by atoms with Crippen molar-refractivity contribution in [2.45, 2.75) is 39.2 Å². The van der Waals surface area contributed by atoms with Crippen LogP contribution in [-0.2, 0) is 0 Å². The van der Waals surface area contributed by atoms with Crippen LogP contribution in [0.5, 0.6) is 0 Å². The maximum Gasteiger partial charge on any atom is 0.0597 e. The first-order valence-electron chi connectivity index (χ1n) is 7.80. The van der Waals surface area contributed by atoms with E-state index >= 15 is 0 Å². The maximum absolute atomic E-state index is 6.04. The van der Waals surface area contributed by atoms with Crippen molar-refractivity contribution in [2.75, 3.05) is 11.4 Å². The maximum atomic E-state index is 6.04. The number of pyridine rings is 1. The molecule has 1 aromatic heterocycles. The average molecular weight is 283 g/mol. The standard InChI is InChI=1S/C18H25N3/c1-3-5-13-21(15-9-7-6-8-10-15)16-11-12-18(20-14-16)17(19)4-2/h6-12,14,17H,3-5,13,19H2,1-2H3/t17-/m0/s1. The molecule has 2 aromatic rings.